The van der Waals surface area contributed by atoms with Gasteiger partial charge in [0.05, 0.1) is 0 Å². The second kappa shape index (κ2) is 14.3. The van der Waals surface area contributed by atoms with Crippen molar-refractivity contribution < 1.29 is 0 Å². The molecule has 0 heterocycles. The predicted octanol–water partition coefficient (Wildman–Crippen LogP) is 14.6. The minimum absolute atomic E-state index is 1.10. The Morgan fingerprint density at radius 3 is 1.21 bits per heavy atom. The van der Waals surface area contributed by atoms with Gasteiger partial charge in [0.1, 0.15) is 0 Å². The first kappa shape index (κ1) is 32.0. The largest absolute Gasteiger partial charge is 0.310 e. The summed E-state index contributed by atoms with van der Waals surface area (Å²) in [5.74, 6) is 0. The van der Waals surface area contributed by atoms with Crippen molar-refractivity contribution in [1.82, 2.24) is 0 Å². The van der Waals surface area contributed by atoms with Gasteiger partial charge in [0.2, 0.25) is 0 Å². The fourth-order valence-corrected chi connectivity index (χ4v) is 7.36. The van der Waals surface area contributed by atoms with Crippen LogP contribution in [0.15, 0.2) is 224 Å². The highest BCUT2D eigenvalue weighted by atomic mass is 15.1. The fourth-order valence-electron chi connectivity index (χ4n) is 7.36. The topological polar surface area (TPSA) is 3.24 Å². The molecule has 0 aliphatic heterocycles. The summed E-state index contributed by atoms with van der Waals surface area (Å²) in [5.41, 5.74) is 15.4. The normalized spacial score (nSPS) is 11.0. The Bertz CT molecular complexity index is 2640. The van der Waals surface area contributed by atoms with Crippen LogP contribution in [-0.4, -0.2) is 0 Å². The molecule has 0 saturated carbocycles. The van der Waals surface area contributed by atoms with E-state index >= 15 is 0 Å². The second-order valence-corrected chi connectivity index (χ2v) is 13.4. The number of hydrogen-bond acceptors (Lipinski definition) is 1. The van der Waals surface area contributed by atoms with E-state index in [1.807, 2.05) is 0 Å². The van der Waals surface area contributed by atoms with Crippen LogP contribution in [0, 0.1) is 0 Å². The maximum Gasteiger partial charge on any atom is 0.0467 e. The first-order valence-electron chi connectivity index (χ1n) is 18.2. The highest BCUT2D eigenvalue weighted by Crippen LogP contribution is 2.39. The Kier molecular flexibility index (Phi) is 8.66. The minimum atomic E-state index is 1.10. The minimum Gasteiger partial charge on any atom is -0.310 e. The van der Waals surface area contributed by atoms with Crippen molar-refractivity contribution in [3.8, 4) is 55.6 Å². The molecule has 9 rings (SSSR count). The van der Waals surface area contributed by atoms with E-state index in [4.69, 9.17) is 0 Å². The molecule has 9 aromatic rings. The van der Waals surface area contributed by atoms with Gasteiger partial charge in [0.25, 0.3) is 0 Å². The summed E-state index contributed by atoms with van der Waals surface area (Å²) < 4.78 is 0. The van der Waals surface area contributed by atoms with E-state index in [2.05, 4.69) is 229 Å². The summed E-state index contributed by atoms with van der Waals surface area (Å²) in [5, 5.41) is 2.52. The SMILES string of the molecule is c1ccc(-c2cccc(-c3ccc(N(c4ccc(-c5cccc(-c6cccc7ccccc67)c5)cc4)c4cccc(-c5ccccc5)c4)cc3)c2)cc1. The first-order chi connectivity index (χ1) is 26.3. The van der Waals surface area contributed by atoms with Gasteiger partial charge in [-0.05, 0) is 115 Å². The molecule has 0 radical (unpaired) electrons. The van der Waals surface area contributed by atoms with E-state index in [-0.39, 0.29) is 0 Å². The highest BCUT2D eigenvalue weighted by Gasteiger charge is 2.15. The van der Waals surface area contributed by atoms with Crippen molar-refractivity contribution in [2.75, 3.05) is 4.90 Å². The van der Waals surface area contributed by atoms with E-state index in [1.54, 1.807) is 0 Å². The third kappa shape index (κ3) is 6.65. The summed E-state index contributed by atoms with van der Waals surface area (Å²) in [7, 11) is 0. The summed E-state index contributed by atoms with van der Waals surface area (Å²) in [6.07, 6.45) is 0. The molecule has 1 heteroatoms. The van der Waals surface area contributed by atoms with Gasteiger partial charge in [-0.3, -0.25) is 0 Å². The Labute approximate surface area is 311 Å². The molecule has 0 bridgehead atoms. The highest BCUT2D eigenvalue weighted by molar-refractivity contribution is 5.97. The standard InChI is InChI=1S/C52H37N/c1-3-13-38(14-4-1)43-19-9-20-44(35-43)40-27-31-48(32-28-40)53(50-24-11-22-46(37-50)39-15-5-2-6-16-39)49-33-29-41(30-34-49)45-21-10-23-47(36-45)52-26-12-18-42-17-7-8-25-51(42)52/h1-37H. The van der Waals surface area contributed by atoms with Crippen LogP contribution in [0.3, 0.4) is 0 Å². The lowest BCUT2D eigenvalue weighted by Gasteiger charge is -2.26. The quantitative estimate of drug-likeness (QED) is 0.155. The Morgan fingerprint density at radius 2 is 0.623 bits per heavy atom. The maximum absolute atomic E-state index is 2.35. The Balaban J connectivity index is 1.08. The number of benzene rings is 9. The number of rotatable bonds is 8. The molecule has 53 heavy (non-hydrogen) atoms. The van der Waals surface area contributed by atoms with Gasteiger partial charge in [-0.1, -0.05) is 176 Å². The fraction of sp³-hybridized carbons (Fsp3) is 0. The number of anilines is 3. The zero-order chi connectivity index (χ0) is 35.4. The van der Waals surface area contributed by atoms with Crippen LogP contribution in [0.25, 0.3) is 66.4 Å². The van der Waals surface area contributed by atoms with Gasteiger partial charge >= 0.3 is 0 Å². The zero-order valence-electron chi connectivity index (χ0n) is 29.3. The third-order valence-electron chi connectivity index (χ3n) is 10.1. The molecule has 9 aromatic carbocycles. The Morgan fingerprint density at radius 1 is 0.226 bits per heavy atom. The van der Waals surface area contributed by atoms with Gasteiger partial charge in [0.15, 0.2) is 0 Å². The number of fused-ring (bicyclic) bond motifs is 1. The van der Waals surface area contributed by atoms with Crippen LogP contribution in [0.4, 0.5) is 17.1 Å². The summed E-state index contributed by atoms with van der Waals surface area (Å²) in [4.78, 5) is 2.35. The lowest BCUT2D eigenvalue weighted by atomic mass is 9.95. The average Bonchev–Trinajstić information content (AvgIpc) is 3.25. The van der Waals surface area contributed by atoms with Crippen LogP contribution < -0.4 is 4.90 Å². The molecule has 0 fully saturated rings. The van der Waals surface area contributed by atoms with Gasteiger partial charge in [-0.25, -0.2) is 0 Å². The first-order valence-corrected chi connectivity index (χ1v) is 18.2. The Hall–Kier alpha value is -6.96. The molecule has 1 nitrogen and oxygen atoms in total. The lowest BCUT2D eigenvalue weighted by Crippen LogP contribution is -2.10. The molecule has 0 spiro atoms. The van der Waals surface area contributed by atoms with Crippen LogP contribution in [-0.2, 0) is 0 Å². The van der Waals surface area contributed by atoms with Crippen molar-refractivity contribution in [2.24, 2.45) is 0 Å². The van der Waals surface area contributed by atoms with Gasteiger partial charge in [-0.15, -0.1) is 0 Å². The molecule has 0 aromatic heterocycles. The van der Waals surface area contributed by atoms with Gasteiger partial charge in [0, 0.05) is 17.1 Å². The van der Waals surface area contributed by atoms with E-state index in [0.29, 0.717) is 0 Å². The van der Waals surface area contributed by atoms with Crippen molar-refractivity contribution >= 4 is 27.8 Å². The third-order valence-corrected chi connectivity index (χ3v) is 10.1. The maximum atomic E-state index is 2.35. The van der Waals surface area contributed by atoms with Crippen molar-refractivity contribution in [3.05, 3.63) is 224 Å². The molecule has 0 amide bonds. The van der Waals surface area contributed by atoms with Gasteiger partial charge < -0.3 is 4.90 Å². The molecule has 0 aliphatic carbocycles. The monoisotopic (exact) mass is 675 g/mol. The van der Waals surface area contributed by atoms with Crippen LogP contribution in [0.5, 0.6) is 0 Å². The summed E-state index contributed by atoms with van der Waals surface area (Å²) >= 11 is 0. The molecule has 0 saturated heterocycles. The molecule has 0 atom stereocenters. The van der Waals surface area contributed by atoms with Crippen LogP contribution >= 0.6 is 0 Å². The molecular formula is C52H37N. The van der Waals surface area contributed by atoms with E-state index in [1.165, 1.54) is 66.4 Å². The molecular weight excluding hydrogens is 639 g/mol. The van der Waals surface area contributed by atoms with Crippen LogP contribution in [0.2, 0.25) is 0 Å². The predicted molar refractivity (Wildman–Crippen MR) is 226 cm³/mol. The number of hydrogen-bond donors (Lipinski definition) is 0. The molecule has 0 aliphatic rings. The second-order valence-electron chi connectivity index (χ2n) is 13.4. The molecule has 250 valence electrons. The molecule has 0 N–H and O–H groups in total. The smallest absolute Gasteiger partial charge is 0.0467 e. The van der Waals surface area contributed by atoms with Crippen molar-refractivity contribution in [3.63, 3.8) is 0 Å². The van der Waals surface area contributed by atoms with E-state index < -0.39 is 0 Å². The van der Waals surface area contributed by atoms with E-state index in [0.717, 1.165) is 17.1 Å². The van der Waals surface area contributed by atoms with Crippen molar-refractivity contribution in [1.29, 1.82) is 0 Å². The van der Waals surface area contributed by atoms with Crippen molar-refractivity contribution in [2.45, 2.75) is 0 Å². The summed E-state index contributed by atoms with van der Waals surface area (Å²) in [6, 6.07) is 80.8. The molecule has 0 unspecified atom stereocenters. The average molecular weight is 676 g/mol. The number of nitrogens with zero attached hydrogens (tertiary/aromatic N) is 1. The zero-order valence-corrected chi connectivity index (χ0v) is 29.3. The lowest BCUT2D eigenvalue weighted by molar-refractivity contribution is 1.28. The summed E-state index contributed by atoms with van der Waals surface area (Å²) in [6.45, 7) is 0. The van der Waals surface area contributed by atoms with Crippen LogP contribution in [0.1, 0.15) is 0 Å². The van der Waals surface area contributed by atoms with Gasteiger partial charge in [-0.2, -0.15) is 0 Å². The van der Waals surface area contributed by atoms with E-state index in [9.17, 15) is 0 Å².